The number of hydrogen-bond acceptors (Lipinski definition) is 5. The summed E-state index contributed by atoms with van der Waals surface area (Å²) in [4.78, 5) is 18.8. The molecule has 1 atom stereocenters. The Morgan fingerprint density at radius 1 is 1.56 bits per heavy atom. The fourth-order valence-electron chi connectivity index (χ4n) is 1.15. The molecule has 0 bridgehead atoms. The van der Waals surface area contributed by atoms with Gasteiger partial charge in [-0.2, -0.15) is 4.98 Å². The Kier molecular flexibility index (Phi) is 4.50. The Labute approximate surface area is 93.7 Å². The van der Waals surface area contributed by atoms with E-state index in [1.54, 1.807) is 6.92 Å². The molecule has 0 aliphatic rings. The molecule has 1 rings (SSSR count). The summed E-state index contributed by atoms with van der Waals surface area (Å²) in [6.45, 7) is 4.12. The Hall–Kier alpha value is -1.85. The van der Waals surface area contributed by atoms with Crippen LogP contribution in [0.1, 0.15) is 20.3 Å². The number of carboxylic acid groups (broad SMARTS) is 1. The van der Waals surface area contributed by atoms with Gasteiger partial charge >= 0.3 is 5.97 Å². The molecule has 1 heterocycles. The lowest BCUT2D eigenvalue weighted by atomic mass is 10.2. The summed E-state index contributed by atoms with van der Waals surface area (Å²) in [6, 6.07) is -0.661. The van der Waals surface area contributed by atoms with Crippen LogP contribution in [0, 0.1) is 0 Å². The first-order valence-electron chi connectivity index (χ1n) is 5.11. The van der Waals surface area contributed by atoms with E-state index in [0.717, 1.165) is 0 Å². The van der Waals surface area contributed by atoms with Crippen LogP contribution in [-0.4, -0.2) is 33.7 Å². The number of aliphatic carboxylic acids is 1. The normalized spacial score (nSPS) is 11.9. The number of carboxylic acids is 1. The Bertz CT molecular complexity index is 357. The molecule has 0 fully saturated rings. The number of carbonyl (C=O) groups is 1. The van der Waals surface area contributed by atoms with Gasteiger partial charge in [0, 0.05) is 0 Å². The van der Waals surface area contributed by atoms with E-state index in [2.05, 4.69) is 15.3 Å². The van der Waals surface area contributed by atoms with Gasteiger partial charge in [-0.1, -0.05) is 6.92 Å². The van der Waals surface area contributed by atoms with Gasteiger partial charge in [0.25, 0.3) is 0 Å². The standard InChI is InChI=1S/C10H15N3O3/c1-3-7(10(14)15)12-8-5-11-6-9(13-8)16-4-2/h5-7H,3-4H2,1-2H3,(H,12,13)(H,14,15). The minimum atomic E-state index is -0.911. The SMILES string of the molecule is CCOc1cncc(NC(CC)C(=O)O)n1. The van der Waals surface area contributed by atoms with Crippen molar-refractivity contribution in [3.8, 4) is 5.88 Å². The summed E-state index contributed by atoms with van der Waals surface area (Å²) < 4.78 is 5.16. The predicted octanol–water partition coefficient (Wildman–Crippen LogP) is 1.15. The third-order valence-corrected chi connectivity index (χ3v) is 1.93. The fraction of sp³-hybridized carbons (Fsp3) is 0.500. The predicted molar refractivity (Wildman–Crippen MR) is 58.5 cm³/mol. The first kappa shape index (κ1) is 12.2. The number of hydrogen-bond donors (Lipinski definition) is 2. The summed E-state index contributed by atoms with van der Waals surface area (Å²) in [5, 5.41) is 11.6. The third kappa shape index (κ3) is 3.38. The molecule has 0 amide bonds. The van der Waals surface area contributed by atoms with Crippen molar-refractivity contribution in [1.29, 1.82) is 0 Å². The molecule has 0 spiro atoms. The van der Waals surface area contributed by atoms with E-state index in [1.807, 2.05) is 6.92 Å². The van der Waals surface area contributed by atoms with Crippen LogP contribution in [0.5, 0.6) is 5.88 Å². The van der Waals surface area contributed by atoms with Gasteiger partial charge in [-0.15, -0.1) is 0 Å². The summed E-state index contributed by atoms with van der Waals surface area (Å²) in [5.41, 5.74) is 0. The molecule has 2 N–H and O–H groups in total. The number of anilines is 1. The zero-order chi connectivity index (χ0) is 12.0. The first-order valence-corrected chi connectivity index (χ1v) is 5.11. The monoisotopic (exact) mass is 225 g/mol. The second-order valence-electron chi connectivity index (χ2n) is 3.12. The Balaban J connectivity index is 2.72. The van der Waals surface area contributed by atoms with Crippen LogP contribution < -0.4 is 10.1 Å². The summed E-state index contributed by atoms with van der Waals surface area (Å²) >= 11 is 0. The number of nitrogens with zero attached hydrogens (tertiary/aromatic N) is 2. The third-order valence-electron chi connectivity index (χ3n) is 1.93. The average molecular weight is 225 g/mol. The van der Waals surface area contributed by atoms with Crippen LogP contribution in [0.15, 0.2) is 12.4 Å². The molecule has 6 heteroatoms. The van der Waals surface area contributed by atoms with Crippen molar-refractivity contribution in [2.24, 2.45) is 0 Å². The second-order valence-corrected chi connectivity index (χ2v) is 3.12. The number of aromatic nitrogens is 2. The van der Waals surface area contributed by atoms with Gasteiger partial charge in [0.05, 0.1) is 19.0 Å². The van der Waals surface area contributed by atoms with Gasteiger partial charge in [0.2, 0.25) is 5.88 Å². The summed E-state index contributed by atoms with van der Waals surface area (Å²) in [5.74, 6) is -0.126. The van der Waals surface area contributed by atoms with E-state index in [1.165, 1.54) is 12.4 Å². The zero-order valence-corrected chi connectivity index (χ0v) is 9.30. The number of nitrogens with one attached hydrogen (secondary N) is 1. The van der Waals surface area contributed by atoms with Gasteiger partial charge < -0.3 is 15.2 Å². The topological polar surface area (TPSA) is 84.3 Å². The van der Waals surface area contributed by atoms with Gasteiger partial charge in [-0.3, -0.25) is 4.98 Å². The smallest absolute Gasteiger partial charge is 0.326 e. The Morgan fingerprint density at radius 3 is 2.88 bits per heavy atom. The van der Waals surface area contributed by atoms with Crippen LogP contribution in [0.3, 0.4) is 0 Å². The molecule has 0 saturated carbocycles. The lowest BCUT2D eigenvalue weighted by Crippen LogP contribution is -2.28. The maximum absolute atomic E-state index is 10.8. The molecule has 0 aromatic carbocycles. The highest BCUT2D eigenvalue weighted by atomic mass is 16.5. The van der Waals surface area contributed by atoms with Crippen LogP contribution in [0.25, 0.3) is 0 Å². The van der Waals surface area contributed by atoms with E-state index in [0.29, 0.717) is 24.7 Å². The summed E-state index contributed by atoms with van der Waals surface area (Å²) in [7, 11) is 0. The number of rotatable bonds is 6. The zero-order valence-electron chi connectivity index (χ0n) is 9.30. The van der Waals surface area contributed by atoms with E-state index >= 15 is 0 Å². The minimum Gasteiger partial charge on any atom is -0.480 e. The lowest BCUT2D eigenvalue weighted by Gasteiger charge is -2.12. The summed E-state index contributed by atoms with van der Waals surface area (Å²) in [6.07, 6.45) is 3.42. The lowest BCUT2D eigenvalue weighted by molar-refractivity contribution is -0.137. The molecule has 88 valence electrons. The van der Waals surface area contributed by atoms with Crippen LogP contribution in [-0.2, 0) is 4.79 Å². The molecular weight excluding hydrogens is 210 g/mol. The van der Waals surface area contributed by atoms with Crippen molar-refractivity contribution in [3.63, 3.8) is 0 Å². The van der Waals surface area contributed by atoms with Crippen molar-refractivity contribution in [1.82, 2.24) is 9.97 Å². The van der Waals surface area contributed by atoms with Crippen LogP contribution >= 0.6 is 0 Å². The molecule has 0 saturated heterocycles. The van der Waals surface area contributed by atoms with Gasteiger partial charge in [-0.05, 0) is 13.3 Å². The fourth-order valence-corrected chi connectivity index (χ4v) is 1.15. The maximum atomic E-state index is 10.8. The highest BCUT2D eigenvalue weighted by Crippen LogP contribution is 2.10. The van der Waals surface area contributed by atoms with Crippen molar-refractivity contribution in [2.75, 3.05) is 11.9 Å². The quantitative estimate of drug-likeness (QED) is 0.755. The van der Waals surface area contributed by atoms with E-state index in [-0.39, 0.29) is 0 Å². The van der Waals surface area contributed by atoms with Gasteiger partial charge in [0.15, 0.2) is 0 Å². The van der Waals surface area contributed by atoms with E-state index in [9.17, 15) is 4.79 Å². The van der Waals surface area contributed by atoms with Crippen molar-refractivity contribution in [2.45, 2.75) is 26.3 Å². The molecule has 0 radical (unpaired) electrons. The molecule has 1 aromatic rings. The molecule has 0 aliphatic carbocycles. The highest BCUT2D eigenvalue weighted by molar-refractivity contribution is 5.76. The minimum absolute atomic E-state index is 0.382. The first-order chi connectivity index (χ1) is 7.67. The second kappa shape index (κ2) is 5.89. The van der Waals surface area contributed by atoms with Gasteiger partial charge in [0.1, 0.15) is 11.9 Å². The molecular formula is C10H15N3O3. The average Bonchev–Trinajstić information content (AvgIpc) is 2.26. The van der Waals surface area contributed by atoms with Crippen molar-refractivity contribution < 1.29 is 14.6 Å². The van der Waals surface area contributed by atoms with Crippen LogP contribution in [0.4, 0.5) is 5.82 Å². The van der Waals surface area contributed by atoms with Crippen molar-refractivity contribution >= 4 is 11.8 Å². The number of ether oxygens (including phenoxy) is 1. The molecule has 0 aliphatic heterocycles. The molecule has 1 unspecified atom stereocenters. The maximum Gasteiger partial charge on any atom is 0.326 e. The molecule has 6 nitrogen and oxygen atoms in total. The molecule has 1 aromatic heterocycles. The van der Waals surface area contributed by atoms with Crippen molar-refractivity contribution in [3.05, 3.63) is 12.4 Å². The van der Waals surface area contributed by atoms with E-state index in [4.69, 9.17) is 9.84 Å². The largest absolute Gasteiger partial charge is 0.480 e. The molecule has 16 heavy (non-hydrogen) atoms. The van der Waals surface area contributed by atoms with Gasteiger partial charge in [-0.25, -0.2) is 4.79 Å². The van der Waals surface area contributed by atoms with Crippen LogP contribution in [0.2, 0.25) is 0 Å². The van der Waals surface area contributed by atoms with E-state index < -0.39 is 12.0 Å². The highest BCUT2D eigenvalue weighted by Gasteiger charge is 2.15. The Morgan fingerprint density at radius 2 is 2.31 bits per heavy atom.